The van der Waals surface area contributed by atoms with Gasteiger partial charge in [0.2, 0.25) is 0 Å². The number of pyridine rings is 1. The summed E-state index contributed by atoms with van der Waals surface area (Å²) in [5, 5.41) is 3.92. The summed E-state index contributed by atoms with van der Waals surface area (Å²) in [4.78, 5) is 26.5. The number of ether oxygens (including phenoxy) is 1. The molecule has 4 aromatic rings. The number of aromatic nitrogens is 3. The number of methoxy groups -OCH3 is 1. The van der Waals surface area contributed by atoms with E-state index in [1.165, 1.54) is 19.5 Å². The molecule has 4 rings (SSSR count). The van der Waals surface area contributed by atoms with Gasteiger partial charge >= 0.3 is 0 Å². The Morgan fingerprint density at radius 1 is 1.10 bits per heavy atom. The fourth-order valence-electron chi connectivity index (χ4n) is 3.18. The molecule has 31 heavy (non-hydrogen) atoms. The van der Waals surface area contributed by atoms with Crippen LogP contribution in [0.5, 0.6) is 5.75 Å². The molecule has 0 atom stereocenters. The molecule has 0 spiro atoms. The maximum atomic E-state index is 13.9. The normalized spacial score (nSPS) is 10.7. The van der Waals surface area contributed by atoms with Crippen LogP contribution in [0.15, 0.2) is 67.3 Å². The number of amides is 1. The Bertz CT molecular complexity index is 1220. The van der Waals surface area contributed by atoms with Crippen LogP contribution in [0.3, 0.4) is 0 Å². The predicted molar refractivity (Wildman–Crippen MR) is 117 cm³/mol. The molecular weight excluding hydrogens is 397 g/mol. The van der Waals surface area contributed by atoms with Crippen LogP contribution in [-0.2, 0) is 6.54 Å². The van der Waals surface area contributed by atoms with Crippen molar-refractivity contribution in [1.29, 1.82) is 0 Å². The molecule has 1 amide bonds. The second-order valence-electron chi connectivity index (χ2n) is 6.85. The molecule has 2 aromatic carbocycles. The van der Waals surface area contributed by atoms with E-state index in [0.717, 1.165) is 11.3 Å². The third kappa shape index (κ3) is 4.28. The number of carbonyl (C=O) groups excluding carboxylic acids is 1. The van der Waals surface area contributed by atoms with Gasteiger partial charge in [0.1, 0.15) is 12.1 Å². The second kappa shape index (κ2) is 8.74. The van der Waals surface area contributed by atoms with E-state index < -0.39 is 5.82 Å². The minimum absolute atomic E-state index is 0.109. The first kappa shape index (κ1) is 20.2. The lowest BCUT2D eigenvalue weighted by Gasteiger charge is -2.18. The van der Waals surface area contributed by atoms with Crippen molar-refractivity contribution < 1.29 is 13.9 Å². The Morgan fingerprint density at radius 3 is 2.55 bits per heavy atom. The summed E-state index contributed by atoms with van der Waals surface area (Å²) in [6.45, 7) is 0.494. The number of benzene rings is 2. The summed E-state index contributed by atoms with van der Waals surface area (Å²) in [6, 6.07) is 13.9. The third-order valence-corrected chi connectivity index (χ3v) is 4.92. The van der Waals surface area contributed by atoms with Crippen LogP contribution >= 0.6 is 0 Å². The number of nitrogens with zero attached hydrogens (tertiary/aromatic N) is 4. The van der Waals surface area contributed by atoms with Gasteiger partial charge in [0, 0.05) is 48.7 Å². The minimum atomic E-state index is -0.472. The van der Waals surface area contributed by atoms with Gasteiger partial charge in [0.05, 0.1) is 12.6 Å². The summed E-state index contributed by atoms with van der Waals surface area (Å²) < 4.78 is 19.0. The summed E-state index contributed by atoms with van der Waals surface area (Å²) in [6.07, 6.45) is 4.58. The zero-order valence-electron chi connectivity index (χ0n) is 17.0. The molecule has 0 saturated carbocycles. The molecule has 0 unspecified atom stereocenters. The highest BCUT2D eigenvalue weighted by molar-refractivity contribution is 6.05. The molecular formula is C23H20FN5O2. The Hall–Kier alpha value is -4.07. The van der Waals surface area contributed by atoms with E-state index in [9.17, 15) is 9.18 Å². The quantitative estimate of drug-likeness (QED) is 0.510. The molecule has 2 aromatic heterocycles. The van der Waals surface area contributed by atoms with Crippen LogP contribution in [0.4, 0.5) is 15.9 Å². The predicted octanol–water partition coefficient (Wildman–Crippen LogP) is 4.06. The number of rotatable bonds is 6. The van der Waals surface area contributed by atoms with Crippen LogP contribution in [0.2, 0.25) is 0 Å². The Labute approximate surface area is 178 Å². The van der Waals surface area contributed by atoms with Crippen LogP contribution in [0.1, 0.15) is 15.9 Å². The van der Waals surface area contributed by atoms with E-state index in [4.69, 9.17) is 4.74 Å². The van der Waals surface area contributed by atoms with Crippen molar-refractivity contribution in [1.82, 2.24) is 15.0 Å². The third-order valence-electron chi connectivity index (χ3n) is 4.92. The van der Waals surface area contributed by atoms with Gasteiger partial charge in [-0.2, -0.15) is 0 Å². The first-order valence-electron chi connectivity index (χ1n) is 9.56. The van der Waals surface area contributed by atoms with Gasteiger partial charge in [-0.15, -0.1) is 0 Å². The Morgan fingerprint density at radius 2 is 1.84 bits per heavy atom. The highest BCUT2D eigenvalue weighted by Crippen LogP contribution is 2.27. The summed E-state index contributed by atoms with van der Waals surface area (Å²) >= 11 is 0. The zero-order chi connectivity index (χ0) is 21.8. The average Bonchev–Trinajstić information content (AvgIpc) is 2.82. The van der Waals surface area contributed by atoms with Gasteiger partial charge in [-0.05, 0) is 35.9 Å². The second-order valence-corrected chi connectivity index (χ2v) is 6.85. The van der Waals surface area contributed by atoms with Crippen LogP contribution in [-0.4, -0.2) is 35.0 Å². The molecule has 0 bridgehead atoms. The lowest BCUT2D eigenvalue weighted by molar-refractivity contribution is 0.0993. The maximum Gasteiger partial charge on any atom is 0.258 e. The monoisotopic (exact) mass is 417 g/mol. The number of anilines is 2. The van der Waals surface area contributed by atoms with Gasteiger partial charge in [-0.3, -0.25) is 9.78 Å². The molecule has 0 aliphatic rings. The van der Waals surface area contributed by atoms with Crippen LogP contribution in [0.25, 0.3) is 10.9 Å². The average molecular weight is 417 g/mol. The molecule has 156 valence electrons. The lowest BCUT2D eigenvalue weighted by Crippen LogP contribution is -2.26. The minimum Gasteiger partial charge on any atom is -0.494 e. The molecule has 8 heteroatoms. The zero-order valence-corrected chi connectivity index (χ0v) is 17.0. The highest BCUT2D eigenvalue weighted by Gasteiger charge is 2.13. The SMILES string of the molecule is COc1cc2c(NCc3ccc(N(C)C(=O)c4ccncc4)cc3)ncnc2cc1F. The molecule has 0 aliphatic heterocycles. The first-order valence-corrected chi connectivity index (χ1v) is 9.56. The number of nitrogens with one attached hydrogen (secondary N) is 1. The number of carbonyl (C=O) groups is 1. The van der Waals surface area contributed by atoms with Crippen molar-refractivity contribution in [2.45, 2.75) is 6.54 Å². The molecule has 0 fully saturated rings. The summed E-state index contributed by atoms with van der Waals surface area (Å²) in [5.41, 5.74) is 2.83. The van der Waals surface area contributed by atoms with Crippen molar-refractivity contribution in [2.75, 3.05) is 24.4 Å². The van der Waals surface area contributed by atoms with E-state index in [1.54, 1.807) is 42.5 Å². The molecule has 2 heterocycles. The smallest absolute Gasteiger partial charge is 0.258 e. The van der Waals surface area contributed by atoms with E-state index in [1.807, 2.05) is 24.3 Å². The maximum absolute atomic E-state index is 13.9. The molecule has 0 radical (unpaired) electrons. The molecule has 1 N–H and O–H groups in total. The lowest BCUT2D eigenvalue weighted by atomic mass is 10.1. The summed E-state index contributed by atoms with van der Waals surface area (Å²) in [7, 11) is 3.15. The van der Waals surface area contributed by atoms with Gasteiger partial charge in [-0.1, -0.05) is 12.1 Å². The van der Waals surface area contributed by atoms with Gasteiger partial charge in [0.25, 0.3) is 5.91 Å². The van der Waals surface area contributed by atoms with Crippen LogP contribution in [0, 0.1) is 5.82 Å². The molecule has 0 saturated heterocycles. The van der Waals surface area contributed by atoms with E-state index in [0.29, 0.717) is 28.8 Å². The number of hydrogen-bond acceptors (Lipinski definition) is 6. The van der Waals surface area contributed by atoms with E-state index >= 15 is 0 Å². The van der Waals surface area contributed by atoms with Crippen molar-refractivity contribution in [3.05, 3.63) is 84.2 Å². The largest absolute Gasteiger partial charge is 0.494 e. The van der Waals surface area contributed by atoms with Crippen LogP contribution < -0.4 is 15.0 Å². The molecule has 0 aliphatic carbocycles. The topological polar surface area (TPSA) is 80.2 Å². The van der Waals surface area contributed by atoms with Crippen molar-refractivity contribution >= 4 is 28.3 Å². The fraction of sp³-hybridized carbons (Fsp3) is 0.130. The van der Waals surface area contributed by atoms with Crippen molar-refractivity contribution in [2.24, 2.45) is 0 Å². The first-order chi connectivity index (χ1) is 15.1. The number of halogens is 1. The molecule has 7 nitrogen and oxygen atoms in total. The van der Waals surface area contributed by atoms with Crippen molar-refractivity contribution in [3.8, 4) is 5.75 Å². The Balaban J connectivity index is 1.48. The Kier molecular flexibility index (Phi) is 5.70. The van der Waals surface area contributed by atoms with Gasteiger partial charge in [0.15, 0.2) is 11.6 Å². The van der Waals surface area contributed by atoms with E-state index in [2.05, 4.69) is 20.3 Å². The number of hydrogen-bond donors (Lipinski definition) is 1. The standard InChI is InChI=1S/C23H20FN5O2/c1-29(23(30)16-7-9-25-10-8-16)17-5-3-15(4-6-17)13-26-22-18-11-21(31-2)19(24)12-20(18)27-14-28-22/h3-12,14H,13H2,1-2H3,(H,26,27,28). The van der Waals surface area contributed by atoms with Gasteiger partial charge < -0.3 is 15.0 Å². The number of fused-ring (bicyclic) bond motifs is 1. The van der Waals surface area contributed by atoms with Crippen molar-refractivity contribution in [3.63, 3.8) is 0 Å². The summed E-state index contributed by atoms with van der Waals surface area (Å²) in [5.74, 6) is 0.136. The van der Waals surface area contributed by atoms with Gasteiger partial charge in [-0.25, -0.2) is 14.4 Å². The highest BCUT2D eigenvalue weighted by atomic mass is 19.1. The van der Waals surface area contributed by atoms with E-state index in [-0.39, 0.29) is 11.7 Å². The fourth-order valence-corrected chi connectivity index (χ4v) is 3.18.